The molecule has 0 saturated carbocycles. The maximum absolute atomic E-state index is 12.2. The standard InChI is InChI=1S/C13H20F2N2O3S/c1-10-11(8-16-2)4-3-5-12(10)21(18,19)17-6-7-20-9-13(14)15/h3-5,13,16-17H,6-9H2,1-2H3. The highest BCUT2D eigenvalue weighted by molar-refractivity contribution is 7.89. The predicted molar refractivity (Wildman–Crippen MR) is 76.0 cm³/mol. The minimum absolute atomic E-state index is 0.0508. The fraction of sp³-hybridized carbons (Fsp3) is 0.538. The topological polar surface area (TPSA) is 67.4 Å². The Morgan fingerprint density at radius 3 is 2.67 bits per heavy atom. The molecule has 0 saturated heterocycles. The quantitative estimate of drug-likeness (QED) is 0.672. The highest BCUT2D eigenvalue weighted by atomic mass is 32.2. The second-order valence-electron chi connectivity index (χ2n) is 4.43. The largest absolute Gasteiger partial charge is 0.374 e. The Balaban J connectivity index is 2.68. The lowest BCUT2D eigenvalue weighted by molar-refractivity contribution is 0.0199. The third kappa shape index (κ3) is 5.66. The molecule has 5 nitrogen and oxygen atoms in total. The summed E-state index contributed by atoms with van der Waals surface area (Å²) in [5.74, 6) is 0. The Morgan fingerprint density at radius 2 is 2.05 bits per heavy atom. The van der Waals surface area contributed by atoms with Crippen molar-refractivity contribution < 1.29 is 21.9 Å². The molecular weight excluding hydrogens is 302 g/mol. The van der Waals surface area contributed by atoms with Crippen molar-refractivity contribution >= 4 is 10.0 Å². The van der Waals surface area contributed by atoms with Gasteiger partial charge in [-0.25, -0.2) is 21.9 Å². The molecule has 0 radical (unpaired) electrons. The average molecular weight is 322 g/mol. The number of ether oxygens (including phenoxy) is 1. The minimum atomic E-state index is -3.68. The van der Waals surface area contributed by atoms with E-state index in [9.17, 15) is 17.2 Å². The van der Waals surface area contributed by atoms with Crippen LogP contribution in [-0.4, -0.2) is 41.6 Å². The van der Waals surface area contributed by atoms with Crippen molar-refractivity contribution in [2.75, 3.05) is 26.8 Å². The van der Waals surface area contributed by atoms with E-state index >= 15 is 0 Å². The molecule has 0 heterocycles. The summed E-state index contributed by atoms with van der Waals surface area (Å²) in [4.78, 5) is 0.184. The van der Waals surface area contributed by atoms with Crippen LogP contribution in [0.25, 0.3) is 0 Å². The summed E-state index contributed by atoms with van der Waals surface area (Å²) in [5, 5.41) is 2.97. The SMILES string of the molecule is CNCc1cccc(S(=O)(=O)NCCOCC(F)F)c1C. The number of alkyl halides is 2. The second kappa shape index (κ2) is 8.38. The lowest BCUT2D eigenvalue weighted by atomic mass is 10.1. The van der Waals surface area contributed by atoms with Gasteiger partial charge in [-0.3, -0.25) is 0 Å². The molecule has 8 heteroatoms. The number of sulfonamides is 1. The monoisotopic (exact) mass is 322 g/mol. The first-order valence-electron chi connectivity index (χ1n) is 6.47. The van der Waals surface area contributed by atoms with E-state index in [1.807, 2.05) is 6.07 Å². The van der Waals surface area contributed by atoms with E-state index < -0.39 is 23.1 Å². The zero-order valence-corrected chi connectivity index (χ0v) is 12.8. The Kier molecular flexibility index (Phi) is 7.16. The summed E-state index contributed by atoms with van der Waals surface area (Å²) in [6.07, 6.45) is -2.55. The first kappa shape index (κ1) is 18.0. The molecule has 21 heavy (non-hydrogen) atoms. The zero-order valence-electron chi connectivity index (χ0n) is 12.0. The molecule has 0 amide bonds. The van der Waals surface area contributed by atoms with Crippen LogP contribution in [0.5, 0.6) is 0 Å². The van der Waals surface area contributed by atoms with Gasteiger partial charge >= 0.3 is 0 Å². The molecule has 0 aliphatic heterocycles. The molecule has 0 aliphatic rings. The molecule has 0 aromatic heterocycles. The highest BCUT2D eigenvalue weighted by Gasteiger charge is 2.17. The molecule has 0 fully saturated rings. The molecular formula is C13H20F2N2O3S. The van der Waals surface area contributed by atoms with Crippen LogP contribution in [0.4, 0.5) is 8.78 Å². The van der Waals surface area contributed by atoms with E-state index in [0.29, 0.717) is 12.1 Å². The van der Waals surface area contributed by atoms with Gasteiger partial charge in [0.1, 0.15) is 6.61 Å². The summed E-state index contributed by atoms with van der Waals surface area (Å²) in [5.41, 5.74) is 1.54. The Bertz CT molecular complexity index is 550. The van der Waals surface area contributed by atoms with Crippen molar-refractivity contribution in [1.29, 1.82) is 0 Å². The van der Waals surface area contributed by atoms with Gasteiger partial charge in [0.25, 0.3) is 6.43 Å². The van der Waals surface area contributed by atoms with Crippen molar-refractivity contribution in [3.8, 4) is 0 Å². The molecule has 2 N–H and O–H groups in total. The van der Waals surface area contributed by atoms with Gasteiger partial charge in [-0.1, -0.05) is 12.1 Å². The number of halogens is 2. The van der Waals surface area contributed by atoms with Crippen LogP contribution in [-0.2, 0) is 21.3 Å². The number of hydrogen-bond donors (Lipinski definition) is 2. The van der Waals surface area contributed by atoms with E-state index in [-0.39, 0.29) is 18.0 Å². The van der Waals surface area contributed by atoms with Crippen LogP contribution in [0.2, 0.25) is 0 Å². The minimum Gasteiger partial charge on any atom is -0.374 e. The molecule has 1 aromatic rings. The molecule has 0 unspecified atom stereocenters. The van der Waals surface area contributed by atoms with Gasteiger partial charge in [-0.15, -0.1) is 0 Å². The summed E-state index contributed by atoms with van der Waals surface area (Å²) >= 11 is 0. The lowest BCUT2D eigenvalue weighted by Crippen LogP contribution is -2.28. The van der Waals surface area contributed by atoms with Crippen LogP contribution >= 0.6 is 0 Å². The normalized spacial score (nSPS) is 12.0. The molecule has 0 atom stereocenters. The third-order valence-corrected chi connectivity index (χ3v) is 4.44. The maximum atomic E-state index is 12.2. The first-order chi connectivity index (χ1) is 9.88. The van der Waals surface area contributed by atoms with Crippen molar-refractivity contribution in [2.24, 2.45) is 0 Å². The number of hydrogen-bond acceptors (Lipinski definition) is 4. The Labute approximate surface area is 123 Å². The van der Waals surface area contributed by atoms with Crippen molar-refractivity contribution in [3.63, 3.8) is 0 Å². The fourth-order valence-corrected chi connectivity index (χ4v) is 3.13. The van der Waals surface area contributed by atoms with E-state index in [4.69, 9.17) is 0 Å². The van der Waals surface area contributed by atoms with E-state index in [0.717, 1.165) is 5.56 Å². The summed E-state index contributed by atoms with van der Waals surface area (Å²) in [6, 6.07) is 5.02. The smallest absolute Gasteiger partial charge is 0.261 e. The molecule has 0 bridgehead atoms. The van der Waals surface area contributed by atoms with Gasteiger partial charge in [0.05, 0.1) is 11.5 Å². The Hall–Kier alpha value is -1.09. The Morgan fingerprint density at radius 1 is 1.33 bits per heavy atom. The molecule has 1 rings (SSSR count). The van der Waals surface area contributed by atoms with Crippen LogP contribution in [0, 0.1) is 6.92 Å². The van der Waals surface area contributed by atoms with Gasteiger partial charge < -0.3 is 10.1 Å². The first-order valence-corrected chi connectivity index (χ1v) is 7.95. The predicted octanol–water partition coefficient (Wildman–Crippen LogP) is 1.27. The maximum Gasteiger partial charge on any atom is 0.261 e. The van der Waals surface area contributed by atoms with Crippen molar-refractivity contribution in [1.82, 2.24) is 10.0 Å². The highest BCUT2D eigenvalue weighted by Crippen LogP contribution is 2.18. The number of nitrogens with one attached hydrogen (secondary N) is 2. The molecule has 1 aromatic carbocycles. The van der Waals surface area contributed by atoms with Gasteiger partial charge in [-0.2, -0.15) is 0 Å². The lowest BCUT2D eigenvalue weighted by Gasteiger charge is -2.12. The van der Waals surface area contributed by atoms with Crippen LogP contribution in [0.1, 0.15) is 11.1 Å². The molecule has 120 valence electrons. The van der Waals surface area contributed by atoms with Crippen LogP contribution < -0.4 is 10.0 Å². The van der Waals surface area contributed by atoms with Crippen molar-refractivity contribution in [2.45, 2.75) is 24.8 Å². The van der Waals surface area contributed by atoms with Crippen LogP contribution in [0.3, 0.4) is 0 Å². The van der Waals surface area contributed by atoms with Crippen molar-refractivity contribution in [3.05, 3.63) is 29.3 Å². The summed E-state index contributed by atoms with van der Waals surface area (Å²) in [7, 11) is -1.90. The number of benzene rings is 1. The molecule has 0 spiro atoms. The average Bonchev–Trinajstić information content (AvgIpc) is 2.40. The van der Waals surface area contributed by atoms with Crippen LogP contribution in [0.15, 0.2) is 23.1 Å². The van der Waals surface area contributed by atoms with E-state index in [1.165, 1.54) is 6.07 Å². The van der Waals surface area contributed by atoms with E-state index in [2.05, 4.69) is 14.8 Å². The van der Waals surface area contributed by atoms with Gasteiger partial charge in [0.15, 0.2) is 0 Å². The van der Waals surface area contributed by atoms with Gasteiger partial charge in [0.2, 0.25) is 10.0 Å². The zero-order chi connectivity index (χ0) is 15.9. The van der Waals surface area contributed by atoms with Gasteiger partial charge in [-0.05, 0) is 31.2 Å². The summed E-state index contributed by atoms with van der Waals surface area (Å²) < 4.78 is 55.0. The van der Waals surface area contributed by atoms with E-state index in [1.54, 1.807) is 20.0 Å². The number of rotatable bonds is 9. The van der Waals surface area contributed by atoms with Gasteiger partial charge in [0, 0.05) is 13.1 Å². The fourth-order valence-electron chi connectivity index (χ4n) is 1.83. The summed E-state index contributed by atoms with van der Waals surface area (Å²) in [6.45, 7) is 1.45. The second-order valence-corrected chi connectivity index (χ2v) is 6.17. The molecule has 0 aliphatic carbocycles. The third-order valence-electron chi connectivity index (χ3n) is 2.84.